The summed E-state index contributed by atoms with van der Waals surface area (Å²) in [7, 11) is 0. The summed E-state index contributed by atoms with van der Waals surface area (Å²) >= 11 is 0. The van der Waals surface area contributed by atoms with Crippen LogP contribution in [-0.4, -0.2) is 40.9 Å². The average Bonchev–Trinajstić information content (AvgIpc) is 3.16. The van der Waals surface area contributed by atoms with Gasteiger partial charge in [0.25, 0.3) is 11.8 Å². The maximum Gasteiger partial charge on any atom is 0.308 e. The van der Waals surface area contributed by atoms with Crippen molar-refractivity contribution >= 4 is 23.5 Å². The fourth-order valence-corrected chi connectivity index (χ4v) is 2.88. The van der Waals surface area contributed by atoms with E-state index in [2.05, 4.69) is 5.32 Å². The number of nitrogens with zero attached hydrogens (tertiary/aromatic N) is 1. The Balaban J connectivity index is 1.71. The van der Waals surface area contributed by atoms with Gasteiger partial charge in [-0.25, -0.2) is 0 Å². The van der Waals surface area contributed by atoms with Crippen LogP contribution in [0.3, 0.4) is 0 Å². The number of carbonyl (C=O) groups excluding carboxylic acids is 2. The number of rotatable bonds is 4. The second-order valence-corrected chi connectivity index (χ2v) is 5.94. The smallest absolute Gasteiger partial charge is 0.308 e. The molecule has 1 aliphatic rings. The average molecular weight is 342 g/mol. The quantitative estimate of drug-likeness (QED) is 0.889. The van der Waals surface area contributed by atoms with Gasteiger partial charge >= 0.3 is 5.97 Å². The Morgan fingerprint density at radius 1 is 1.20 bits per heavy atom. The predicted molar refractivity (Wildman–Crippen MR) is 89.4 cm³/mol. The molecule has 130 valence electrons. The molecule has 1 aromatic carbocycles. The Morgan fingerprint density at radius 3 is 2.76 bits per heavy atom. The number of nitrogens with one attached hydrogen (secondary N) is 1. The highest BCUT2D eigenvalue weighted by Gasteiger charge is 2.28. The highest BCUT2D eigenvalue weighted by atomic mass is 16.4. The first-order chi connectivity index (χ1) is 12.0. The van der Waals surface area contributed by atoms with Crippen LogP contribution in [0.5, 0.6) is 0 Å². The molecule has 3 rings (SSSR count). The van der Waals surface area contributed by atoms with E-state index in [0.29, 0.717) is 30.6 Å². The largest absolute Gasteiger partial charge is 0.481 e. The highest BCUT2D eigenvalue weighted by Crippen LogP contribution is 2.20. The van der Waals surface area contributed by atoms with Crippen LogP contribution >= 0.6 is 0 Å². The second kappa shape index (κ2) is 7.21. The van der Waals surface area contributed by atoms with Gasteiger partial charge in [-0.2, -0.15) is 0 Å². The van der Waals surface area contributed by atoms with Crippen molar-refractivity contribution in [2.75, 3.05) is 18.4 Å². The van der Waals surface area contributed by atoms with E-state index in [4.69, 9.17) is 9.52 Å². The van der Waals surface area contributed by atoms with Crippen LogP contribution in [0.2, 0.25) is 0 Å². The number of furan rings is 1. The van der Waals surface area contributed by atoms with Crippen molar-refractivity contribution in [3.63, 3.8) is 0 Å². The summed E-state index contributed by atoms with van der Waals surface area (Å²) in [5, 5.41) is 11.8. The zero-order valence-electron chi connectivity index (χ0n) is 13.5. The molecule has 1 aromatic heterocycles. The third-order valence-corrected chi connectivity index (χ3v) is 4.17. The molecule has 2 aromatic rings. The Bertz CT molecular complexity index is 785. The summed E-state index contributed by atoms with van der Waals surface area (Å²) < 4.78 is 5.03. The maximum absolute atomic E-state index is 12.6. The molecule has 0 unspecified atom stereocenters. The first-order valence-electron chi connectivity index (χ1n) is 8.01. The molecule has 25 heavy (non-hydrogen) atoms. The molecule has 0 aliphatic carbocycles. The standard InChI is InChI=1S/C18H18N2O5/c21-16(15-7-3-9-25-15)19-14-6-1-4-12(10-14)17(22)20-8-2-5-13(11-20)18(23)24/h1,3-4,6-7,9-10,13H,2,5,8,11H2,(H,19,21)(H,23,24)/t13-/m1/s1. The first-order valence-corrected chi connectivity index (χ1v) is 8.01. The molecule has 0 bridgehead atoms. The lowest BCUT2D eigenvalue weighted by Crippen LogP contribution is -2.42. The van der Waals surface area contributed by atoms with Gasteiger partial charge in [0.1, 0.15) is 0 Å². The van der Waals surface area contributed by atoms with Crippen molar-refractivity contribution in [3.8, 4) is 0 Å². The van der Waals surface area contributed by atoms with Crippen LogP contribution < -0.4 is 5.32 Å². The van der Waals surface area contributed by atoms with Crippen LogP contribution in [-0.2, 0) is 4.79 Å². The van der Waals surface area contributed by atoms with E-state index in [-0.39, 0.29) is 18.2 Å². The Morgan fingerprint density at radius 2 is 2.04 bits per heavy atom. The van der Waals surface area contributed by atoms with Gasteiger partial charge in [-0.1, -0.05) is 6.07 Å². The number of aliphatic carboxylic acids is 1. The fraction of sp³-hybridized carbons (Fsp3) is 0.278. The van der Waals surface area contributed by atoms with Crippen LogP contribution in [0.15, 0.2) is 47.1 Å². The number of likely N-dealkylation sites (tertiary alicyclic amines) is 1. The molecule has 1 saturated heterocycles. The van der Waals surface area contributed by atoms with Crippen molar-refractivity contribution in [2.24, 2.45) is 5.92 Å². The minimum absolute atomic E-state index is 0.178. The molecule has 7 heteroatoms. The molecule has 0 spiro atoms. The Kier molecular flexibility index (Phi) is 4.83. The molecule has 7 nitrogen and oxygen atoms in total. The Labute approximate surface area is 144 Å². The van der Waals surface area contributed by atoms with Crippen molar-refractivity contribution in [3.05, 3.63) is 54.0 Å². The van der Waals surface area contributed by atoms with Crippen LogP contribution in [0.1, 0.15) is 33.8 Å². The molecular weight excluding hydrogens is 324 g/mol. The summed E-state index contributed by atoms with van der Waals surface area (Å²) in [4.78, 5) is 37.4. The summed E-state index contributed by atoms with van der Waals surface area (Å²) in [6.07, 6.45) is 2.65. The van der Waals surface area contributed by atoms with E-state index in [1.807, 2.05) is 0 Å². The molecule has 2 heterocycles. The van der Waals surface area contributed by atoms with Crippen LogP contribution in [0.4, 0.5) is 5.69 Å². The van der Waals surface area contributed by atoms with Crippen molar-refractivity contribution in [1.82, 2.24) is 4.90 Å². The van der Waals surface area contributed by atoms with E-state index < -0.39 is 17.8 Å². The lowest BCUT2D eigenvalue weighted by atomic mass is 9.97. The zero-order valence-corrected chi connectivity index (χ0v) is 13.5. The van der Waals surface area contributed by atoms with E-state index in [1.165, 1.54) is 6.26 Å². The van der Waals surface area contributed by atoms with E-state index in [0.717, 1.165) is 0 Å². The summed E-state index contributed by atoms with van der Waals surface area (Å²) in [6, 6.07) is 9.73. The number of carboxylic acids is 1. The summed E-state index contributed by atoms with van der Waals surface area (Å²) in [5.41, 5.74) is 0.877. The van der Waals surface area contributed by atoms with Gasteiger partial charge in [0.15, 0.2) is 5.76 Å². The third kappa shape index (κ3) is 3.88. The minimum atomic E-state index is -0.878. The third-order valence-electron chi connectivity index (χ3n) is 4.17. The van der Waals surface area contributed by atoms with Crippen molar-refractivity contribution < 1.29 is 23.9 Å². The number of piperidine rings is 1. The molecule has 1 fully saturated rings. The SMILES string of the molecule is O=C(Nc1cccc(C(=O)N2CCC[C@@H](C(=O)O)C2)c1)c1ccco1. The van der Waals surface area contributed by atoms with Crippen LogP contribution in [0, 0.1) is 5.92 Å². The fourth-order valence-electron chi connectivity index (χ4n) is 2.88. The van der Waals surface area contributed by atoms with Crippen molar-refractivity contribution in [1.29, 1.82) is 0 Å². The minimum Gasteiger partial charge on any atom is -0.481 e. The van der Waals surface area contributed by atoms with E-state index >= 15 is 0 Å². The number of carboxylic acid groups (broad SMARTS) is 1. The first kappa shape index (κ1) is 16.8. The van der Waals surface area contributed by atoms with Gasteiger partial charge in [0.05, 0.1) is 12.2 Å². The van der Waals surface area contributed by atoms with Gasteiger partial charge in [0, 0.05) is 24.3 Å². The number of carbonyl (C=O) groups is 3. The zero-order chi connectivity index (χ0) is 17.8. The molecule has 1 atom stereocenters. The van der Waals surface area contributed by atoms with Crippen LogP contribution in [0.25, 0.3) is 0 Å². The molecule has 2 N–H and O–H groups in total. The predicted octanol–water partition coefficient (Wildman–Crippen LogP) is 2.47. The highest BCUT2D eigenvalue weighted by molar-refractivity contribution is 6.03. The number of amides is 2. The van der Waals surface area contributed by atoms with Gasteiger partial charge in [-0.15, -0.1) is 0 Å². The Hall–Kier alpha value is -3.09. The summed E-state index contributed by atoms with van der Waals surface area (Å²) in [6.45, 7) is 0.739. The molecule has 2 amide bonds. The van der Waals surface area contributed by atoms with Gasteiger partial charge < -0.3 is 19.7 Å². The second-order valence-electron chi connectivity index (χ2n) is 5.94. The van der Waals surface area contributed by atoms with Gasteiger partial charge in [-0.05, 0) is 43.2 Å². The number of anilines is 1. The number of benzene rings is 1. The monoisotopic (exact) mass is 342 g/mol. The molecule has 0 radical (unpaired) electrons. The summed E-state index contributed by atoms with van der Waals surface area (Å²) in [5.74, 6) is -1.87. The maximum atomic E-state index is 12.6. The number of hydrogen-bond acceptors (Lipinski definition) is 4. The van der Waals surface area contributed by atoms with E-state index in [1.54, 1.807) is 41.3 Å². The topological polar surface area (TPSA) is 99.9 Å². The van der Waals surface area contributed by atoms with E-state index in [9.17, 15) is 14.4 Å². The lowest BCUT2D eigenvalue weighted by Gasteiger charge is -2.30. The normalized spacial score (nSPS) is 17.1. The van der Waals surface area contributed by atoms with Gasteiger partial charge in [0.2, 0.25) is 0 Å². The molecular formula is C18H18N2O5. The molecule has 0 saturated carbocycles. The van der Waals surface area contributed by atoms with Gasteiger partial charge in [-0.3, -0.25) is 14.4 Å². The number of hydrogen-bond donors (Lipinski definition) is 2. The van der Waals surface area contributed by atoms with Crippen molar-refractivity contribution in [2.45, 2.75) is 12.8 Å². The lowest BCUT2D eigenvalue weighted by molar-refractivity contribution is -0.143. The molecule has 1 aliphatic heterocycles.